The monoisotopic (exact) mass is 377 g/mol. The maximum Gasteiger partial charge on any atom is 0.277 e. The molecule has 0 fully saturated rings. The molecule has 3 rings (SSSR count). The van der Waals surface area contributed by atoms with Crippen molar-refractivity contribution in [3.8, 4) is 22.1 Å². The highest BCUT2D eigenvalue weighted by molar-refractivity contribution is 7.16. The van der Waals surface area contributed by atoms with Gasteiger partial charge in [0.05, 0.1) is 19.3 Å². The summed E-state index contributed by atoms with van der Waals surface area (Å²) in [7, 11) is 0. The molecule has 1 amide bonds. The van der Waals surface area contributed by atoms with E-state index in [0.717, 1.165) is 16.9 Å². The van der Waals surface area contributed by atoms with Gasteiger partial charge in [-0.25, -0.2) is 13.8 Å². The molecule has 0 saturated carbocycles. The zero-order chi connectivity index (χ0) is 16.4. The largest absolute Gasteiger partial charge is 0.454 e. The Morgan fingerprint density at radius 1 is 1.38 bits per heavy atom. The molecular weight excluding hydrogens is 364 g/mol. The number of carbonyl (C=O) groups is 1. The van der Waals surface area contributed by atoms with Crippen LogP contribution in [0.1, 0.15) is 9.67 Å². The minimum Gasteiger partial charge on any atom is -0.454 e. The molecule has 0 bridgehead atoms. The first-order valence-corrected chi connectivity index (χ1v) is 7.52. The van der Waals surface area contributed by atoms with Crippen LogP contribution in [0.3, 0.4) is 0 Å². The Morgan fingerprint density at radius 3 is 2.88 bits per heavy atom. The van der Waals surface area contributed by atoms with Crippen LogP contribution in [0, 0.1) is 0 Å². The summed E-state index contributed by atoms with van der Waals surface area (Å²) in [6.07, 6.45) is 1.35. The number of hydrogen-bond acceptors (Lipinski definition) is 6. The van der Waals surface area contributed by atoms with E-state index in [1.54, 1.807) is 18.2 Å². The van der Waals surface area contributed by atoms with Crippen LogP contribution in [0.4, 0.5) is 8.78 Å². The van der Waals surface area contributed by atoms with Crippen molar-refractivity contribution >= 4 is 29.7 Å². The lowest BCUT2D eigenvalue weighted by molar-refractivity contribution is 0.0119. The second-order valence-electron chi connectivity index (χ2n) is 4.84. The lowest BCUT2D eigenvalue weighted by Gasteiger charge is -2.13. The number of nitrogens with two attached hydrogens (primary N) is 1. The Morgan fingerprint density at radius 2 is 2.12 bits per heavy atom. The van der Waals surface area contributed by atoms with E-state index in [4.69, 9.17) is 15.2 Å². The quantitative estimate of drug-likeness (QED) is 0.834. The molecule has 0 radical (unpaired) electrons. The Kier molecular flexibility index (Phi) is 5.58. The molecule has 1 aliphatic heterocycles. The Labute approximate surface area is 146 Å². The van der Waals surface area contributed by atoms with Crippen molar-refractivity contribution in [2.75, 3.05) is 19.9 Å². The first-order chi connectivity index (χ1) is 11.0. The van der Waals surface area contributed by atoms with Gasteiger partial charge in [-0.3, -0.25) is 4.79 Å². The van der Waals surface area contributed by atoms with E-state index in [1.165, 1.54) is 6.20 Å². The van der Waals surface area contributed by atoms with E-state index in [1.807, 2.05) is 0 Å². The number of rotatable bonds is 5. The fourth-order valence-corrected chi connectivity index (χ4v) is 2.74. The van der Waals surface area contributed by atoms with E-state index < -0.39 is 24.9 Å². The molecule has 130 valence electrons. The van der Waals surface area contributed by atoms with Gasteiger partial charge in [0.25, 0.3) is 11.8 Å². The molecule has 0 spiro atoms. The first kappa shape index (κ1) is 18.4. The average Bonchev–Trinajstić information content (AvgIpc) is 3.20. The van der Waals surface area contributed by atoms with Gasteiger partial charge in [0.15, 0.2) is 11.5 Å². The number of ether oxygens (including phenoxy) is 2. The van der Waals surface area contributed by atoms with E-state index in [9.17, 15) is 13.6 Å². The molecule has 3 N–H and O–H groups in total. The predicted molar refractivity (Wildman–Crippen MR) is 87.3 cm³/mol. The number of nitrogens with one attached hydrogen (secondary N) is 1. The average molecular weight is 378 g/mol. The van der Waals surface area contributed by atoms with Crippen molar-refractivity contribution in [2.45, 2.75) is 5.92 Å². The van der Waals surface area contributed by atoms with Crippen LogP contribution in [0.15, 0.2) is 24.4 Å². The second-order valence-corrected chi connectivity index (χ2v) is 5.87. The topological polar surface area (TPSA) is 86.5 Å². The Hall–Kier alpha value is -1.97. The summed E-state index contributed by atoms with van der Waals surface area (Å²) in [6, 6.07) is 5.29. The molecule has 1 aromatic carbocycles. The summed E-state index contributed by atoms with van der Waals surface area (Å²) in [5.41, 5.74) is 5.68. The molecule has 0 saturated heterocycles. The van der Waals surface area contributed by atoms with Gasteiger partial charge in [0, 0.05) is 5.56 Å². The third-order valence-corrected chi connectivity index (χ3v) is 4.20. The van der Waals surface area contributed by atoms with Crippen molar-refractivity contribution in [1.82, 2.24) is 10.3 Å². The van der Waals surface area contributed by atoms with Gasteiger partial charge in [-0.2, -0.15) is 0 Å². The lowest BCUT2D eigenvalue weighted by atomic mass is 10.2. The summed E-state index contributed by atoms with van der Waals surface area (Å²) in [6.45, 7) is -1.46. The van der Waals surface area contributed by atoms with Crippen molar-refractivity contribution in [1.29, 1.82) is 0 Å². The minimum absolute atomic E-state index is 0. The molecule has 1 aliphatic rings. The van der Waals surface area contributed by atoms with Gasteiger partial charge in [0.1, 0.15) is 9.88 Å². The number of carbonyl (C=O) groups excluding carboxylic acids is 1. The number of halogens is 3. The fraction of sp³-hybridized carbons (Fsp3) is 0.286. The number of fused-ring (bicyclic) bond motifs is 1. The zero-order valence-electron chi connectivity index (χ0n) is 12.3. The molecule has 2 heterocycles. The van der Waals surface area contributed by atoms with Gasteiger partial charge < -0.3 is 20.5 Å². The van der Waals surface area contributed by atoms with Crippen LogP contribution in [0.25, 0.3) is 10.6 Å². The van der Waals surface area contributed by atoms with Gasteiger partial charge in [0.2, 0.25) is 6.79 Å². The number of benzene rings is 1. The van der Waals surface area contributed by atoms with Crippen LogP contribution in [-0.2, 0) is 0 Å². The Bertz CT molecular complexity index is 742. The van der Waals surface area contributed by atoms with Crippen molar-refractivity contribution in [3.05, 3.63) is 29.3 Å². The molecule has 10 heteroatoms. The van der Waals surface area contributed by atoms with E-state index in [0.29, 0.717) is 16.5 Å². The van der Waals surface area contributed by atoms with Gasteiger partial charge in [-0.15, -0.1) is 23.7 Å². The summed E-state index contributed by atoms with van der Waals surface area (Å²) in [5.74, 6) is -2.48. The second kappa shape index (κ2) is 7.29. The molecule has 1 aromatic heterocycles. The summed E-state index contributed by atoms with van der Waals surface area (Å²) in [4.78, 5) is 16.3. The van der Waals surface area contributed by atoms with E-state index in [-0.39, 0.29) is 24.1 Å². The van der Waals surface area contributed by atoms with Crippen LogP contribution in [-0.4, -0.2) is 36.7 Å². The third kappa shape index (κ3) is 3.92. The van der Waals surface area contributed by atoms with Crippen molar-refractivity contribution in [3.63, 3.8) is 0 Å². The highest BCUT2D eigenvalue weighted by Gasteiger charge is 2.27. The third-order valence-electron chi connectivity index (χ3n) is 3.16. The standard InChI is InChI=1S/C14H13F2N3O3S.ClH/c15-14(16,5-17)6-19-12(20)11-4-18-13(23-11)8-1-2-9-10(3-8)22-7-21-9;/h1-4H,5-7,17H2,(H,19,20);1H. The molecular formula is C14H14ClF2N3O3S. The first-order valence-electron chi connectivity index (χ1n) is 6.70. The SMILES string of the molecule is Cl.NCC(F)(F)CNC(=O)c1cnc(-c2ccc3c(c2)OCO3)s1. The minimum atomic E-state index is -3.12. The number of hydrogen-bond donors (Lipinski definition) is 2. The Balaban J connectivity index is 0.00000208. The van der Waals surface area contributed by atoms with Gasteiger partial charge in [-0.05, 0) is 18.2 Å². The maximum atomic E-state index is 13.0. The van der Waals surface area contributed by atoms with Crippen LogP contribution >= 0.6 is 23.7 Å². The predicted octanol–water partition coefficient (Wildman–Crippen LogP) is 2.28. The molecule has 24 heavy (non-hydrogen) atoms. The number of amides is 1. The number of aromatic nitrogens is 1. The molecule has 0 unspecified atom stereocenters. The number of alkyl halides is 2. The fourth-order valence-electron chi connectivity index (χ4n) is 1.91. The number of thiazole rings is 1. The molecule has 0 atom stereocenters. The van der Waals surface area contributed by atoms with Crippen molar-refractivity contribution in [2.24, 2.45) is 5.73 Å². The number of nitrogens with zero attached hydrogens (tertiary/aromatic N) is 1. The lowest BCUT2D eigenvalue weighted by Crippen LogP contribution is -2.41. The maximum absolute atomic E-state index is 13.0. The summed E-state index contributed by atoms with van der Waals surface area (Å²) in [5, 5.41) is 2.74. The molecule has 2 aromatic rings. The van der Waals surface area contributed by atoms with Gasteiger partial charge in [-0.1, -0.05) is 0 Å². The van der Waals surface area contributed by atoms with Gasteiger partial charge >= 0.3 is 0 Å². The molecule has 0 aliphatic carbocycles. The molecule has 6 nitrogen and oxygen atoms in total. The van der Waals surface area contributed by atoms with Crippen molar-refractivity contribution < 1.29 is 23.0 Å². The zero-order valence-corrected chi connectivity index (χ0v) is 13.9. The van der Waals surface area contributed by atoms with Crippen LogP contribution in [0.2, 0.25) is 0 Å². The van der Waals surface area contributed by atoms with E-state index in [2.05, 4.69) is 10.3 Å². The summed E-state index contributed by atoms with van der Waals surface area (Å²) >= 11 is 1.10. The summed E-state index contributed by atoms with van der Waals surface area (Å²) < 4.78 is 36.6. The normalized spacial score (nSPS) is 12.6. The van der Waals surface area contributed by atoms with Crippen LogP contribution in [0.5, 0.6) is 11.5 Å². The van der Waals surface area contributed by atoms with E-state index >= 15 is 0 Å². The van der Waals surface area contributed by atoms with Crippen LogP contribution < -0.4 is 20.5 Å². The highest BCUT2D eigenvalue weighted by Crippen LogP contribution is 2.36. The smallest absolute Gasteiger partial charge is 0.277 e. The highest BCUT2D eigenvalue weighted by atomic mass is 35.5.